The van der Waals surface area contributed by atoms with Gasteiger partial charge in [-0.05, 0) is 49.4 Å². The number of hydrogen-bond acceptors (Lipinski definition) is 4. The number of hydrogen-bond donors (Lipinski definition) is 1. The van der Waals surface area contributed by atoms with Crippen LogP contribution in [-0.2, 0) is 6.61 Å². The van der Waals surface area contributed by atoms with Gasteiger partial charge in [0.2, 0.25) is 0 Å². The van der Waals surface area contributed by atoms with Gasteiger partial charge in [0, 0.05) is 18.5 Å². The maximum absolute atomic E-state index is 13.5. The van der Waals surface area contributed by atoms with Crippen LogP contribution < -0.4 is 10.1 Å². The van der Waals surface area contributed by atoms with Crippen LogP contribution in [0.15, 0.2) is 59.0 Å². The van der Waals surface area contributed by atoms with E-state index in [9.17, 15) is 4.79 Å². The Hall–Kier alpha value is -2.79. The molecule has 5 rings (SSSR count). The van der Waals surface area contributed by atoms with E-state index in [-0.39, 0.29) is 11.9 Å². The van der Waals surface area contributed by atoms with E-state index in [2.05, 4.69) is 5.32 Å². The topological polar surface area (TPSA) is 54.7 Å². The second-order valence-electron chi connectivity index (χ2n) is 8.25. The number of fused-ring (bicyclic) bond motifs is 2. The number of amides is 1. The highest BCUT2D eigenvalue weighted by atomic mass is 16.6. The summed E-state index contributed by atoms with van der Waals surface area (Å²) in [7, 11) is 1.92. The van der Waals surface area contributed by atoms with Crippen LogP contribution in [-0.4, -0.2) is 37.0 Å². The lowest BCUT2D eigenvalue weighted by atomic mass is 10.0. The first-order valence-electron chi connectivity index (χ1n) is 10.4. The van der Waals surface area contributed by atoms with Crippen LogP contribution in [0, 0.1) is 11.8 Å². The molecule has 0 radical (unpaired) electrons. The standard InChI is InChI=1S/C24H26N2O3/c1-26(19-11-17-13-25-14-18(17)12-19)23(27)22-20-9-5-6-10-21(20)29-24(22)28-15-16-7-3-2-4-8-16/h2-10,17-19,25H,11-15H2,1H3. The number of carbonyl (C=O) groups excluding carboxylic acids is 1. The van der Waals surface area contributed by atoms with E-state index in [0.717, 1.165) is 36.9 Å². The predicted octanol–water partition coefficient (Wildman–Crippen LogP) is 4.08. The highest BCUT2D eigenvalue weighted by molar-refractivity contribution is 6.08. The van der Waals surface area contributed by atoms with Crippen LogP contribution in [0.3, 0.4) is 0 Å². The van der Waals surface area contributed by atoms with E-state index in [1.54, 1.807) is 0 Å². The van der Waals surface area contributed by atoms with Crippen molar-refractivity contribution in [3.63, 3.8) is 0 Å². The molecule has 1 saturated carbocycles. The van der Waals surface area contributed by atoms with Crippen molar-refractivity contribution in [3.8, 4) is 5.95 Å². The zero-order valence-corrected chi connectivity index (χ0v) is 16.6. The first-order chi connectivity index (χ1) is 14.2. The van der Waals surface area contributed by atoms with Gasteiger partial charge in [-0.1, -0.05) is 48.5 Å². The zero-order chi connectivity index (χ0) is 19.8. The molecule has 0 bridgehead atoms. The summed E-state index contributed by atoms with van der Waals surface area (Å²) in [5, 5.41) is 4.28. The highest BCUT2D eigenvalue weighted by Gasteiger charge is 2.41. The van der Waals surface area contributed by atoms with Gasteiger partial charge in [-0.25, -0.2) is 0 Å². The van der Waals surface area contributed by atoms with Crippen LogP contribution in [0.4, 0.5) is 0 Å². The summed E-state index contributed by atoms with van der Waals surface area (Å²) < 4.78 is 11.9. The Bertz CT molecular complexity index is 1000. The normalized spacial score (nSPS) is 23.3. The summed E-state index contributed by atoms with van der Waals surface area (Å²) in [6, 6.07) is 17.9. The summed E-state index contributed by atoms with van der Waals surface area (Å²) in [5.41, 5.74) is 2.25. The lowest BCUT2D eigenvalue weighted by molar-refractivity contribution is 0.0722. The fourth-order valence-electron chi connectivity index (χ4n) is 4.84. The molecule has 3 aromatic rings. The van der Waals surface area contributed by atoms with E-state index in [1.165, 1.54) is 0 Å². The van der Waals surface area contributed by atoms with Gasteiger partial charge >= 0.3 is 0 Å². The summed E-state index contributed by atoms with van der Waals surface area (Å²) >= 11 is 0. The minimum Gasteiger partial charge on any atom is -0.460 e. The Kier molecular flexibility index (Phi) is 4.76. The summed E-state index contributed by atoms with van der Waals surface area (Å²) in [4.78, 5) is 15.4. The second kappa shape index (κ2) is 7.56. The highest BCUT2D eigenvalue weighted by Crippen LogP contribution is 2.39. The largest absolute Gasteiger partial charge is 0.460 e. The number of rotatable bonds is 5. The van der Waals surface area contributed by atoms with Gasteiger partial charge in [0.1, 0.15) is 17.8 Å². The van der Waals surface area contributed by atoms with E-state index in [1.807, 2.05) is 66.5 Å². The monoisotopic (exact) mass is 390 g/mol. The Balaban J connectivity index is 1.42. The Labute approximate surface area is 170 Å². The number of benzene rings is 2. The third-order valence-corrected chi connectivity index (χ3v) is 6.49. The Morgan fingerprint density at radius 3 is 2.52 bits per heavy atom. The average Bonchev–Trinajstić information content (AvgIpc) is 3.44. The Morgan fingerprint density at radius 1 is 1.07 bits per heavy atom. The number of carbonyl (C=O) groups is 1. The van der Waals surface area contributed by atoms with Crippen molar-refractivity contribution in [2.75, 3.05) is 20.1 Å². The third-order valence-electron chi connectivity index (χ3n) is 6.49. The van der Waals surface area contributed by atoms with Gasteiger partial charge in [0.25, 0.3) is 11.9 Å². The molecular weight excluding hydrogens is 364 g/mol. The van der Waals surface area contributed by atoms with Crippen LogP contribution >= 0.6 is 0 Å². The maximum Gasteiger partial charge on any atom is 0.299 e. The minimum atomic E-state index is -0.0176. The summed E-state index contributed by atoms with van der Waals surface area (Å²) in [6.07, 6.45) is 2.13. The van der Waals surface area contributed by atoms with E-state index in [0.29, 0.717) is 35.5 Å². The molecule has 2 atom stereocenters. The Morgan fingerprint density at radius 2 is 1.76 bits per heavy atom. The van der Waals surface area contributed by atoms with Crippen molar-refractivity contribution in [3.05, 3.63) is 65.7 Å². The van der Waals surface area contributed by atoms with Crippen molar-refractivity contribution >= 4 is 16.9 Å². The zero-order valence-electron chi connectivity index (χ0n) is 16.6. The van der Waals surface area contributed by atoms with Gasteiger partial charge in [-0.2, -0.15) is 0 Å². The molecule has 5 heteroatoms. The lowest BCUT2D eigenvalue weighted by Crippen LogP contribution is -2.36. The molecule has 1 aliphatic heterocycles. The van der Waals surface area contributed by atoms with Crippen LogP contribution in [0.25, 0.3) is 11.0 Å². The summed E-state index contributed by atoms with van der Waals surface area (Å²) in [6.45, 7) is 2.51. The van der Waals surface area contributed by atoms with Gasteiger partial charge in [0.05, 0.1) is 0 Å². The first kappa shape index (κ1) is 18.3. The quantitative estimate of drug-likeness (QED) is 0.713. The molecule has 1 saturated heterocycles. The fraction of sp³-hybridized carbons (Fsp3) is 0.375. The van der Waals surface area contributed by atoms with Crippen molar-refractivity contribution < 1.29 is 13.9 Å². The number of nitrogens with one attached hydrogen (secondary N) is 1. The van der Waals surface area contributed by atoms with Crippen molar-refractivity contribution in [1.82, 2.24) is 10.2 Å². The molecule has 1 aliphatic carbocycles. The number of nitrogens with zero attached hydrogens (tertiary/aromatic N) is 1. The molecule has 2 aliphatic rings. The minimum absolute atomic E-state index is 0.0176. The molecular formula is C24H26N2O3. The third kappa shape index (κ3) is 3.40. The number of para-hydroxylation sites is 1. The molecule has 29 heavy (non-hydrogen) atoms. The molecule has 1 aromatic heterocycles. The van der Waals surface area contributed by atoms with Crippen LogP contribution in [0.5, 0.6) is 5.95 Å². The molecule has 150 valence electrons. The molecule has 1 amide bonds. The van der Waals surface area contributed by atoms with E-state index >= 15 is 0 Å². The van der Waals surface area contributed by atoms with Crippen LogP contribution in [0.2, 0.25) is 0 Å². The fourth-order valence-corrected chi connectivity index (χ4v) is 4.84. The molecule has 2 fully saturated rings. The molecule has 2 aromatic carbocycles. The number of furan rings is 1. The summed E-state index contributed by atoms with van der Waals surface area (Å²) in [5.74, 6) is 1.66. The molecule has 2 unspecified atom stereocenters. The molecule has 2 heterocycles. The van der Waals surface area contributed by atoms with Crippen molar-refractivity contribution in [1.29, 1.82) is 0 Å². The molecule has 5 nitrogen and oxygen atoms in total. The number of ether oxygens (including phenoxy) is 1. The molecule has 1 N–H and O–H groups in total. The molecule has 0 spiro atoms. The second-order valence-corrected chi connectivity index (χ2v) is 8.25. The average molecular weight is 390 g/mol. The lowest BCUT2D eigenvalue weighted by Gasteiger charge is -2.25. The van der Waals surface area contributed by atoms with Crippen molar-refractivity contribution in [2.45, 2.75) is 25.5 Å². The van der Waals surface area contributed by atoms with E-state index < -0.39 is 0 Å². The van der Waals surface area contributed by atoms with Gasteiger partial charge < -0.3 is 19.4 Å². The van der Waals surface area contributed by atoms with Gasteiger partial charge in [-0.3, -0.25) is 4.79 Å². The van der Waals surface area contributed by atoms with Gasteiger partial charge in [-0.15, -0.1) is 0 Å². The SMILES string of the molecule is CN(C(=O)c1c(OCc2ccccc2)oc2ccccc12)C1CC2CNCC2C1. The predicted molar refractivity (Wildman–Crippen MR) is 112 cm³/mol. The van der Waals surface area contributed by atoms with Crippen LogP contribution in [0.1, 0.15) is 28.8 Å². The maximum atomic E-state index is 13.5. The van der Waals surface area contributed by atoms with Crippen molar-refractivity contribution in [2.24, 2.45) is 11.8 Å². The first-order valence-corrected chi connectivity index (χ1v) is 10.4. The van der Waals surface area contributed by atoms with E-state index in [4.69, 9.17) is 9.15 Å². The van der Waals surface area contributed by atoms with Gasteiger partial charge in [0.15, 0.2) is 0 Å². The smallest absolute Gasteiger partial charge is 0.299 e.